The summed E-state index contributed by atoms with van der Waals surface area (Å²) in [6, 6.07) is 22.7. The number of hydrogen-bond acceptors (Lipinski definition) is 5. The number of benzene rings is 3. The van der Waals surface area contributed by atoms with Crippen molar-refractivity contribution in [2.75, 3.05) is 6.61 Å². The monoisotopic (exact) mass is 411 g/mol. The minimum absolute atomic E-state index is 0.0244. The number of rotatable bonds is 8. The Hall–Kier alpha value is -3.32. The van der Waals surface area contributed by atoms with Crippen molar-refractivity contribution in [3.63, 3.8) is 0 Å². The van der Waals surface area contributed by atoms with Crippen LogP contribution < -0.4 is 14.2 Å². The van der Waals surface area contributed by atoms with Crippen molar-refractivity contribution in [3.8, 4) is 11.5 Å². The first-order chi connectivity index (χ1) is 13.9. The van der Waals surface area contributed by atoms with Crippen LogP contribution in [0.4, 0.5) is 0 Å². The maximum atomic E-state index is 12.2. The number of carbonyl (C=O) groups is 1. The van der Waals surface area contributed by atoms with Crippen LogP contribution in [0, 0.1) is 6.92 Å². The van der Waals surface area contributed by atoms with Crippen molar-refractivity contribution >= 4 is 15.9 Å². The van der Waals surface area contributed by atoms with Gasteiger partial charge in [0.05, 0.1) is 4.90 Å². The van der Waals surface area contributed by atoms with Gasteiger partial charge >= 0.3 is 0 Å². The molecule has 0 bridgehead atoms. The molecule has 150 valence electrons. The Morgan fingerprint density at radius 2 is 1.41 bits per heavy atom. The van der Waals surface area contributed by atoms with Gasteiger partial charge in [-0.25, -0.2) is 13.1 Å². The molecule has 0 heterocycles. The summed E-state index contributed by atoms with van der Waals surface area (Å²) in [4.78, 5) is 12.0. The molecule has 0 aliphatic heterocycles. The predicted molar refractivity (Wildman–Crippen MR) is 109 cm³/mol. The molecule has 0 saturated heterocycles. The fourth-order valence-electron chi connectivity index (χ4n) is 2.48. The van der Waals surface area contributed by atoms with E-state index in [0.717, 1.165) is 11.1 Å². The van der Waals surface area contributed by atoms with Gasteiger partial charge in [-0.1, -0.05) is 48.0 Å². The smallest absolute Gasteiger partial charge is 0.271 e. The molecule has 0 spiro atoms. The summed E-state index contributed by atoms with van der Waals surface area (Å²) in [5, 5.41) is 0. The standard InChI is InChI=1S/C22H21NO5S/c1-17-7-13-21(14-8-17)29(25,26)23-22(24)16-28-20-11-9-19(10-12-20)27-15-18-5-3-2-4-6-18/h2-14H,15-16H2,1H3,(H,23,24). The number of sulfonamides is 1. The first-order valence-corrected chi connectivity index (χ1v) is 10.4. The molecule has 3 aromatic carbocycles. The molecule has 3 aromatic rings. The van der Waals surface area contributed by atoms with Crippen molar-refractivity contribution in [3.05, 3.63) is 90.0 Å². The second-order valence-corrected chi connectivity index (χ2v) is 8.06. The summed E-state index contributed by atoms with van der Waals surface area (Å²) in [6.45, 7) is 1.87. The highest BCUT2D eigenvalue weighted by Gasteiger charge is 2.17. The molecular weight excluding hydrogens is 390 g/mol. The summed E-state index contributed by atoms with van der Waals surface area (Å²) in [7, 11) is -3.92. The van der Waals surface area contributed by atoms with Gasteiger partial charge in [-0.05, 0) is 48.9 Å². The van der Waals surface area contributed by atoms with E-state index in [9.17, 15) is 13.2 Å². The first-order valence-electron chi connectivity index (χ1n) is 8.94. The summed E-state index contributed by atoms with van der Waals surface area (Å²) in [5.74, 6) is 0.336. The lowest BCUT2D eigenvalue weighted by atomic mass is 10.2. The molecule has 0 aliphatic carbocycles. The van der Waals surface area contributed by atoms with Gasteiger partial charge in [0.2, 0.25) is 0 Å². The van der Waals surface area contributed by atoms with E-state index < -0.39 is 22.5 Å². The highest BCUT2D eigenvalue weighted by molar-refractivity contribution is 7.90. The Morgan fingerprint density at radius 1 is 0.828 bits per heavy atom. The molecule has 0 aliphatic rings. The largest absolute Gasteiger partial charge is 0.489 e. The molecule has 0 fully saturated rings. The lowest BCUT2D eigenvalue weighted by molar-refractivity contribution is -0.121. The Bertz CT molecular complexity index is 1050. The minimum Gasteiger partial charge on any atom is -0.489 e. The maximum Gasteiger partial charge on any atom is 0.271 e. The van der Waals surface area contributed by atoms with Gasteiger partial charge in [0.25, 0.3) is 15.9 Å². The van der Waals surface area contributed by atoms with Gasteiger partial charge in [-0.15, -0.1) is 0 Å². The van der Waals surface area contributed by atoms with E-state index in [1.54, 1.807) is 36.4 Å². The summed E-state index contributed by atoms with van der Waals surface area (Å²) in [6.07, 6.45) is 0. The third-order valence-electron chi connectivity index (χ3n) is 4.02. The molecule has 0 aromatic heterocycles. The quantitative estimate of drug-likeness (QED) is 0.614. The second-order valence-electron chi connectivity index (χ2n) is 6.38. The van der Waals surface area contributed by atoms with E-state index in [0.29, 0.717) is 18.1 Å². The molecule has 1 N–H and O–H groups in total. The highest BCUT2D eigenvalue weighted by Crippen LogP contribution is 2.19. The van der Waals surface area contributed by atoms with E-state index >= 15 is 0 Å². The van der Waals surface area contributed by atoms with Crippen LogP contribution in [0.25, 0.3) is 0 Å². The van der Waals surface area contributed by atoms with Crippen molar-refractivity contribution in [2.24, 2.45) is 0 Å². The molecule has 0 unspecified atom stereocenters. The number of nitrogens with one attached hydrogen (secondary N) is 1. The van der Waals surface area contributed by atoms with Crippen LogP contribution in [0.15, 0.2) is 83.8 Å². The third-order valence-corrected chi connectivity index (χ3v) is 5.41. The Kier molecular flexibility index (Phi) is 6.51. The van der Waals surface area contributed by atoms with E-state index in [2.05, 4.69) is 0 Å². The van der Waals surface area contributed by atoms with Crippen LogP contribution in [0.2, 0.25) is 0 Å². The van der Waals surface area contributed by atoms with Crippen LogP contribution in [0.1, 0.15) is 11.1 Å². The molecule has 3 rings (SSSR count). The molecule has 0 radical (unpaired) electrons. The van der Waals surface area contributed by atoms with Gasteiger partial charge < -0.3 is 9.47 Å². The Balaban J connectivity index is 1.49. The van der Waals surface area contributed by atoms with E-state index in [4.69, 9.17) is 9.47 Å². The van der Waals surface area contributed by atoms with Crippen LogP contribution in [0.5, 0.6) is 11.5 Å². The number of amides is 1. The number of hydrogen-bond donors (Lipinski definition) is 1. The van der Waals surface area contributed by atoms with Crippen molar-refractivity contribution < 1.29 is 22.7 Å². The lowest BCUT2D eigenvalue weighted by Crippen LogP contribution is -2.34. The molecule has 0 saturated carbocycles. The predicted octanol–water partition coefficient (Wildman–Crippen LogP) is 3.46. The van der Waals surface area contributed by atoms with Gasteiger partial charge in [-0.2, -0.15) is 0 Å². The average molecular weight is 411 g/mol. The third kappa shape index (κ3) is 6.08. The highest BCUT2D eigenvalue weighted by atomic mass is 32.2. The first kappa shape index (κ1) is 20.4. The zero-order valence-corrected chi connectivity index (χ0v) is 16.7. The number of ether oxygens (including phenoxy) is 2. The molecular formula is C22H21NO5S. The lowest BCUT2D eigenvalue weighted by Gasteiger charge is -2.10. The summed E-state index contributed by atoms with van der Waals surface area (Å²) < 4.78 is 37.4. The van der Waals surface area contributed by atoms with Crippen molar-refractivity contribution in [1.82, 2.24) is 4.72 Å². The molecule has 6 nitrogen and oxygen atoms in total. The SMILES string of the molecule is Cc1ccc(S(=O)(=O)NC(=O)COc2ccc(OCc3ccccc3)cc2)cc1. The van der Waals surface area contributed by atoms with Crippen LogP contribution >= 0.6 is 0 Å². The zero-order valence-electron chi connectivity index (χ0n) is 15.9. The van der Waals surface area contributed by atoms with E-state index in [-0.39, 0.29) is 4.90 Å². The molecule has 1 amide bonds. The van der Waals surface area contributed by atoms with Crippen molar-refractivity contribution in [2.45, 2.75) is 18.4 Å². The van der Waals surface area contributed by atoms with E-state index in [1.807, 2.05) is 42.0 Å². The van der Waals surface area contributed by atoms with Crippen molar-refractivity contribution in [1.29, 1.82) is 0 Å². The van der Waals surface area contributed by atoms with Gasteiger partial charge in [0.1, 0.15) is 18.1 Å². The second kappa shape index (κ2) is 9.25. The normalized spacial score (nSPS) is 10.9. The minimum atomic E-state index is -3.92. The van der Waals surface area contributed by atoms with E-state index in [1.165, 1.54) is 12.1 Å². The summed E-state index contributed by atoms with van der Waals surface area (Å²) >= 11 is 0. The van der Waals surface area contributed by atoms with Gasteiger partial charge in [0.15, 0.2) is 6.61 Å². The van der Waals surface area contributed by atoms with Gasteiger partial charge in [-0.3, -0.25) is 4.79 Å². The maximum absolute atomic E-state index is 12.2. The zero-order chi connectivity index (χ0) is 20.7. The summed E-state index contributed by atoms with van der Waals surface area (Å²) in [5.41, 5.74) is 1.98. The molecule has 0 atom stereocenters. The topological polar surface area (TPSA) is 81.7 Å². The fraction of sp³-hybridized carbons (Fsp3) is 0.136. The Labute approximate surface area is 170 Å². The van der Waals surface area contributed by atoms with Crippen LogP contribution in [0.3, 0.4) is 0 Å². The average Bonchev–Trinajstić information content (AvgIpc) is 2.72. The fourth-order valence-corrected chi connectivity index (χ4v) is 3.45. The van der Waals surface area contributed by atoms with Crippen LogP contribution in [-0.2, 0) is 21.4 Å². The number of aryl methyl sites for hydroxylation is 1. The molecule has 7 heteroatoms. The van der Waals surface area contributed by atoms with Gasteiger partial charge in [0, 0.05) is 0 Å². The molecule has 29 heavy (non-hydrogen) atoms. The Morgan fingerprint density at radius 3 is 2.03 bits per heavy atom. The van der Waals surface area contributed by atoms with Crippen LogP contribution in [-0.4, -0.2) is 20.9 Å². The number of carbonyl (C=O) groups excluding carboxylic acids is 1.